The van der Waals surface area contributed by atoms with E-state index in [9.17, 15) is 18.0 Å². The Kier molecular flexibility index (Phi) is 4.80. The van der Waals surface area contributed by atoms with Crippen LogP contribution in [0.15, 0.2) is 29.2 Å². The van der Waals surface area contributed by atoms with Crippen molar-refractivity contribution in [3.05, 3.63) is 24.3 Å². The lowest BCUT2D eigenvalue weighted by atomic mass is 9.90. The Hall–Kier alpha value is -1.25. The smallest absolute Gasteiger partial charge is 0.381 e. The first-order valence-electron chi connectivity index (χ1n) is 6.32. The van der Waals surface area contributed by atoms with Crippen LogP contribution in [0.2, 0.25) is 0 Å². The number of amides is 1. The average molecular weight is 320 g/mol. The fourth-order valence-corrected chi connectivity index (χ4v) is 2.50. The second-order valence-electron chi connectivity index (χ2n) is 4.79. The van der Waals surface area contributed by atoms with E-state index in [2.05, 4.69) is 5.32 Å². The summed E-state index contributed by atoms with van der Waals surface area (Å²) >= 11 is -0.198. The summed E-state index contributed by atoms with van der Waals surface area (Å²) in [5.74, 6) is -0.345. The molecule has 0 aliphatic carbocycles. The van der Waals surface area contributed by atoms with E-state index in [0.717, 1.165) is 0 Å². The van der Waals surface area contributed by atoms with Gasteiger partial charge in [0.2, 0.25) is 5.91 Å². The number of carbonyl (C=O) groups excluding carboxylic acids is 1. The van der Waals surface area contributed by atoms with Gasteiger partial charge in [0.1, 0.15) is 5.54 Å². The molecule has 1 aromatic carbocycles. The first-order valence-corrected chi connectivity index (χ1v) is 7.14. The Morgan fingerprint density at radius 1 is 1.24 bits per heavy atom. The quantitative estimate of drug-likeness (QED) is 0.841. The predicted molar refractivity (Wildman–Crippen MR) is 74.0 cm³/mol. The summed E-state index contributed by atoms with van der Waals surface area (Å²) in [6.07, 6.45) is 0.835. The van der Waals surface area contributed by atoms with Crippen molar-refractivity contribution in [3.63, 3.8) is 0 Å². The van der Waals surface area contributed by atoms with Gasteiger partial charge in [-0.25, -0.2) is 0 Å². The molecule has 1 aromatic rings. The molecule has 1 saturated heterocycles. The molecule has 2 rings (SSSR count). The highest BCUT2D eigenvalue weighted by Gasteiger charge is 2.36. The van der Waals surface area contributed by atoms with Gasteiger partial charge in [0, 0.05) is 23.8 Å². The number of ether oxygens (including phenoxy) is 1. The summed E-state index contributed by atoms with van der Waals surface area (Å²) in [5.41, 5.74) is 1.12. The van der Waals surface area contributed by atoms with E-state index in [1.165, 1.54) is 24.3 Å². The number of alkyl halides is 3. The summed E-state index contributed by atoms with van der Waals surface area (Å²) in [6.45, 7) is 0.843. The van der Waals surface area contributed by atoms with Crippen LogP contribution in [0.3, 0.4) is 0 Å². The molecule has 1 amide bonds. The molecule has 0 radical (unpaired) electrons. The van der Waals surface area contributed by atoms with E-state index >= 15 is 0 Å². The topological polar surface area (TPSA) is 64.4 Å². The molecular weight excluding hydrogens is 305 g/mol. The van der Waals surface area contributed by atoms with Gasteiger partial charge >= 0.3 is 5.51 Å². The zero-order chi connectivity index (χ0) is 15.5. The van der Waals surface area contributed by atoms with Gasteiger partial charge in [-0.3, -0.25) is 4.79 Å². The SMILES string of the molecule is NC1(C(=O)Nc2ccc(SC(F)(F)F)cc2)CCOCC1. The normalized spacial score (nSPS) is 18.3. The van der Waals surface area contributed by atoms with Gasteiger partial charge in [-0.05, 0) is 48.9 Å². The highest BCUT2D eigenvalue weighted by molar-refractivity contribution is 8.00. The van der Waals surface area contributed by atoms with Gasteiger partial charge in [0.25, 0.3) is 0 Å². The fourth-order valence-electron chi connectivity index (χ4n) is 1.96. The molecule has 1 aliphatic rings. The molecule has 0 unspecified atom stereocenters. The highest BCUT2D eigenvalue weighted by atomic mass is 32.2. The van der Waals surface area contributed by atoms with Crippen molar-refractivity contribution in [2.75, 3.05) is 18.5 Å². The molecule has 4 nitrogen and oxygen atoms in total. The van der Waals surface area contributed by atoms with Crippen LogP contribution >= 0.6 is 11.8 Å². The molecule has 3 N–H and O–H groups in total. The highest BCUT2D eigenvalue weighted by Crippen LogP contribution is 2.37. The number of nitrogens with one attached hydrogen (secondary N) is 1. The molecule has 1 aliphatic heterocycles. The molecule has 0 bridgehead atoms. The Balaban J connectivity index is 1.98. The Bertz CT molecular complexity index is 499. The van der Waals surface area contributed by atoms with Gasteiger partial charge in [0.15, 0.2) is 0 Å². The van der Waals surface area contributed by atoms with Gasteiger partial charge in [-0.2, -0.15) is 13.2 Å². The number of nitrogens with two attached hydrogens (primary N) is 1. The monoisotopic (exact) mass is 320 g/mol. The van der Waals surface area contributed by atoms with Crippen LogP contribution in [-0.2, 0) is 9.53 Å². The van der Waals surface area contributed by atoms with E-state index in [1.54, 1.807) is 0 Å². The van der Waals surface area contributed by atoms with Crippen molar-refractivity contribution >= 4 is 23.4 Å². The predicted octanol–water partition coefficient (Wildman–Crippen LogP) is 2.74. The summed E-state index contributed by atoms with van der Waals surface area (Å²) in [6, 6.07) is 5.46. The first kappa shape index (κ1) is 16.1. The summed E-state index contributed by atoms with van der Waals surface area (Å²) in [7, 11) is 0. The van der Waals surface area contributed by atoms with Crippen LogP contribution in [0.25, 0.3) is 0 Å². The van der Waals surface area contributed by atoms with Crippen LogP contribution < -0.4 is 11.1 Å². The van der Waals surface area contributed by atoms with Crippen LogP contribution in [-0.4, -0.2) is 30.2 Å². The first-order chi connectivity index (χ1) is 9.78. The number of carbonyl (C=O) groups is 1. The number of anilines is 1. The lowest BCUT2D eigenvalue weighted by molar-refractivity contribution is -0.124. The van der Waals surface area contributed by atoms with E-state index in [4.69, 9.17) is 10.5 Å². The molecule has 0 atom stereocenters. The van der Waals surface area contributed by atoms with Gasteiger partial charge in [0.05, 0.1) is 0 Å². The fraction of sp³-hybridized carbons (Fsp3) is 0.462. The van der Waals surface area contributed by atoms with Crippen molar-refractivity contribution in [1.82, 2.24) is 0 Å². The summed E-state index contributed by atoms with van der Waals surface area (Å²) in [5, 5.41) is 2.63. The summed E-state index contributed by atoms with van der Waals surface area (Å²) in [4.78, 5) is 12.2. The van der Waals surface area contributed by atoms with Gasteiger partial charge in [-0.15, -0.1) is 0 Å². The maximum Gasteiger partial charge on any atom is 0.446 e. The van der Waals surface area contributed by atoms with Crippen molar-refractivity contribution in [2.24, 2.45) is 5.73 Å². The molecule has 8 heteroatoms. The molecule has 0 spiro atoms. The Morgan fingerprint density at radius 3 is 2.33 bits per heavy atom. The zero-order valence-corrected chi connectivity index (χ0v) is 11.9. The standard InChI is InChI=1S/C13H15F3N2O2S/c14-13(15,16)21-10-3-1-9(2-4-10)18-11(19)12(17)5-7-20-8-6-12/h1-4H,5-8,17H2,(H,18,19). The minimum Gasteiger partial charge on any atom is -0.381 e. The Labute approximate surface area is 124 Å². The number of benzene rings is 1. The minimum absolute atomic E-state index is 0.0639. The van der Waals surface area contributed by atoms with Crippen molar-refractivity contribution in [1.29, 1.82) is 0 Å². The largest absolute Gasteiger partial charge is 0.446 e. The number of hydrogen-bond acceptors (Lipinski definition) is 4. The van der Waals surface area contributed by atoms with E-state index in [0.29, 0.717) is 31.7 Å². The third-order valence-corrected chi connectivity index (χ3v) is 3.92. The Morgan fingerprint density at radius 2 is 1.81 bits per heavy atom. The number of hydrogen-bond donors (Lipinski definition) is 2. The van der Waals surface area contributed by atoms with Crippen LogP contribution in [0.4, 0.5) is 18.9 Å². The lowest BCUT2D eigenvalue weighted by Crippen LogP contribution is -2.54. The third kappa shape index (κ3) is 4.62. The summed E-state index contributed by atoms with van der Waals surface area (Å²) < 4.78 is 41.8. The van der Waals surface area contributed by atoms with Crippen LogP contribution in [0.1, 0.15) is 12.8 Å². The van der Waals surface area contributed by atoms with Crippen molar-refractivity contribution in [3.8, 4) is 0 Å². The number of rotatable bonds is 3. The molecule has 21 heavy (non-hydrogen) atoms. The molecule has 1 heterocycles. The minimum atomic E-state index is -4.33. The number of halogens is 3. The average Bonchev–Trinajstić information content (AvgIpc) is 2.40. The van der Waals surface area contributed by atoms with Gasteiger partial charge < -0.3 is 15.8 Å². The second kappa shape index (κ2) is 6.25. The molecule has 0 saturated carbocycles. The maximum atomic E-state index is 12.2. The lowest BCUT2D eigenvalue weighted by Gasteiger charge is -2.31. The number of thioether (sulfide) groups is 1. The molecule has 0 aromatic heterocycles. The molecule has 116 valence electrons. The van der Waals surface area contributed by atoms with E-state index in [-0.39, 0.29) is 22.6 Å². The van der Waals surface area contributed by atoms with E-state index in [1.807, 2.05) is 0 Å². The maximum absolute atomic E-state index is 12.2. The van der Waals surface area contributed by atoms with Crippen molar-refractivity contribution in [2.45, 2.75) is 28.8 Å². The molecule has 1 fully saturated rings. The third-order valence-electron chi connectivity index (χ3n) is 3.18. The molecular formula is C13H15F3N2O2S. The zero-order valence-electron chi connectivity index (χ0n) is 11.1. The van der Waals surface area contributed by atoms with E-state index < -0.39 is 11.0 Å². The van der Waals surface area contributed by atoms with Gasteiger partial charge in [-0.1, -0.05) is 0 Å². The van der Waals surface area contributed by atoms with Crippen molar-refractivity contribution < 1.29 is 22.7 Å². The van der Waals surface area contributed by atoms with Crippen LogP contribution in [0.5, 0.6) is 0 Å². The van der Waals surface area contributed by atoms with Crippen LogP contribution in [0, 0.1) is 0 Å². The second-order valence-corrected chi connectivity index (χ2v) is 5.93.